The van der Waals surface area contributed by atoms with Crippen LogP contribution >= 0.6 is 0 Å². The normalized spacial score (nSPS) is 14.2. The fraction of sp³-hybridized carbons (Fsp3) is 0.316. The smallest absolute Gasteiger partial charge is 0.0664 e. The molecule has 2 heteroatoms. The van der Waals surface area contributed by atoms with Gasteiger partial charge in [0.25, 0.3) is 0 Å². The van der Waals surface area contributed by atoms with Crippen molar-refractivity contribution in [2.45, 2.75) is 32.6 Å². The van der Waals surface area contributed by atoms with Gasteiger partial charge < -0.3 is 5.32 Å². The van der Waals surface area contributed by atoms with Crippen LogP contribution in [-0.4, -0.2) is 12.8 Å². The van der Waals surface area contributed by atoms with Gasteiger partial charge in [0.15, 0.2) is 0 Å². The second-order valence-electron chi connectivity index (χ2n) is 5.88. The lowest BCUT2D eigenvalue weighted by Crippen LogP contribution is -2.13. The van der Waals surface area contributed by atoms with Crippen molar-refractivity contribution in [2.75, 3.05) is 11.9 Å². The van der Waals surface area contributed by atoms with Crippen molar-refractivity contribution >= 4 is 17.6 Å². The minimum atomic E-state index is 0.487. The summed E-state index contributed by atoms with van der Waals surface area (Å²) in [4.78, 5) is 4.74. The highest BCUT2D eigenvalue weighted by molar-refractivity contribution is 5.90. The Hall–Kier alpha value is -2.09. The third-order valence-corrected chi connectivity index (χ3v) is 4.01. The molecule has 0 amide bonds. The van der Waals surface area contributed by atoms with Crippen LogP contribution in [0.15, 0.2) is 47.5 Å². The van der Waals surface area contributed by atoms with Crippen LogP contribution in [0.3, 0.4) is 0 Å². The molecule has 0 saturated carbocycles. The molecule has 0 bridgehead atoms. The van der Waals surface area contributed by atoms with Gasteiger partial charge in [0.1, 0.15) is 0 Å². The quantitative estimate of drug-likeness (QED) is 0.792. The predicted molar refractivity (Wildman–Crippen MR) is 91.0 cm³/mol. The van der Waals surface area contributed by atoms with Gasteiger partial charge in [-0.15, -0.1) is 0 Å². The fourth-order valence-electron chi connectivity index (χ4n) is 2.88. The summed E-state index contributed by atoms with van der Waals surface area (Å²) in [6.45, 7) is 5.47. The number of fused-ring (bicyclic) bond motifs is 1. The van der Waals surface area contributed by atoms with E-state index in [2.05, 4.69) is 61.6 Å². The molecule has 21 heavy (non-hydrogen) atoms. The molecule has 0 atom stereocenters. The SMILES string of the molecule is CC(C)c1ccccc1/N=C/c1cccc2c1NCCC2. The van der Waals surface area contributed by atoms with Crippen LogP contribution in [0.25, 0.3) is 0 Å². The summed E-state index contributed by atoms with van der Waals surface area (Å²) >= 11 is 0. The molecule has 0 aliphatic carbocycles. The Balaban J connectivity index is 1.94. The Morgan fingerprint density at radius 1 is 1.10 bits per heavy atom. The molecule has 0 saturated heterocycles. The molecule has 0 spiro atoms. The number of aryl methyl sites for hydroxylation is 1. The van der Waals surface area contributed by atoms with E-state index < -0.39 is 0 Å². The first kappa shape index (κ1) is 13.9. The zero-order valence-electron chi connectivity index (χ0n) is 12.8. The molecule has 1 aliphatic rings. The van der Waals surface area contributed by atoms with E-state index in [1.54, 1.807) is 0 Å². The number of benzene rings is 2. The Morgan fingerprint density at radius 2 is 1.95 bits per heavy atom. The maximum Gasteiger partial charge on any atom is 0.0664 e. The van der Waals surface area contributed by atoms with Crippen molar-refractivity contribution in [2.24, 2.45) is 4.99 Å². The zero-order chi connectivity index (χ0) is 14.7. The Kier molecular flexibility index (Phi) is 4.05. The first-order chi connectivity index (χ1) is 10.3. The number of aliphatic imine (C=N–C) groups is 1. The summed E-state index contributed by atoms with van der Waals surface area (Å²) in [6, 6.07) is 14.9. The summed E-state index contributed by atoms with van der Waals surface area (Å²) in [5, 5.41) is 3.51. The van der Waals surface area contributed by atoms with Crippen molar-refractivity contribution < 1.29 is 0 Å². The predicted octanol–water partition coefficient (Wildman–Crippen LogP) is 4.92. The van der Waals surface area contributed by atoms with Gasteiger partial charge in [-0.05, 0) is 36.0 Å². The molecule has 3 rings (SSSR count). The molecule has 2 aromatic carbocycles. The maximum atomic E-state index is 4.74. The Bertz CT molecular complexity index is 656. The average molecular weight is 278 g/mol. The van der Waals surface area contributed by atoms with E-state index in [1.165, 1.54) is 28.8 Å². The van der Waals surface area contributed by atoms with Crippen LogP contribution in [0.1, 0.15) is 42.9 Å². The van der Waals surface area contributed by atoms with E-state index in [-0.39, 0.29) is 0 Å². The Labute approximate surface area is 126 Å². The van der Waals surface area contributed by atoms with Crippen molar-refractivity contribution in [3.8, 4) is 0 Å². The van der Waals surface area contributed by atoms with Crippen molar-refractivity contribution in [3.63, 3.8) is 0 Å². The van der Waals surface area contributed by atoms with Gasteiger partial charge >= 0.3 is 0 Å². The fourth-order valence-corrected chi connectivity index (χ4v) is 2.88. The molecule has 0 unspecified atom stereocenters. The minimum absolute atomic E-state index is 0.487. The van der Waals surface area contributed by atoms with Crippen LogP contribution in [0.4, 0.5) is 11.4 Å². The largest absolute Gasteiger partial charge is 0.384 e. The average Bonchev–Trinajstić information content (AvgIpc) is 2.53. The van der Waals surface area contributed by atoms with Gasteiger partial charge in [0.2, 0.25) is 0 Å². The molecule has 0 fully saturated rings. The molecule has 0 radical (unpaired) electrons. The third-order valence-electron chi connectivity index (χ3n) is 4.01. The van der Waals surface area contributed by atoms with Crippen LogP contribution in [0, 0.1) is 0 Å². The second-order valence-corrected chi connectivity index (χ2v) is 5.88. The first-order valence-electron chi connectivity index (χ1n) is 7.74. The van der Waals surface area contributed by atoms with E-state index in [0.717, 1.165) is 18.7 Å². The second kappa shape index (κ2) is 6.13. The van der Waals surface area contributed by atoms with Gasteiger partial charge in [-0.1, -0.05) is 50.2 Å². The lowest BCUT2D eigenvalue weighted by molar-refractivity contribution is 0.830. The topological polar surface area (TPSA) is 24.4 Å². The van der Waals surface area contributed by atoms with E-state index in [0.29, 0.717) is 5.92 Å². The molecule has 2 aromatic rings. The van der Waals surface area contributed by atoms with Gasteiger partial charge in [-0.2, -0.15) is 0 Å². The zero-order valence-corrected chi connectivity index (χ0v) is 12.8. The van der Waals surface area contributed by atoms with Gasteiger partial charge in [-0.25, -0.2) is 0 Å². The lowest BCUT2D eigenvalue weighted by atomic mass is 9.99. The van der Waals surface area contributed by atoms with E-state index >= 15 is 0 Å². The molecule has 108 valence electrons. The summed E-state index contributed by atoms with van der Waals surface area (Å²) in [7, 11) is 0. The summed E-state index contributed by atoms with van der Waals surface area (Å²) in [5.41, 5.74) is 6.22. The molecule has 1 aliphatic heterocycles. The van der Waals surface area contributed by atoms with E-state index in [1.807, 2.05) is 6.21 Å². The first-order valence-corrected chi connectivity index (χ1v) is 7.74. The van der Waals surface area contributed by atoms with Crippen molar-refractivity contribution in [3.05, 3.63) is 59.2 Å². The highest BCUT2D eigenvalue weighted by atomic mass is 14.9. The van der Waals surface area contributed by atoms with Gasteiger partial charge in [0, 0.05) is 24.0 Å². The standard InChI is InChI=1S/C19H22N2/c1-14(2)17-10-3-4-11-18(17)21-13-16-8-5-7-15-9-6-12-20-19(15)16/h3-5,7-8,10-11,13-14,20H,6,9,12H2,1-2H3/b21-13+. The summed E-state index contributed by atoms with van der Waals surface area (Å²) in [6.07, 6.45) is 4.37. The van der Waals surface area contributed by atoms with Crippen molar-refractivity contribution in [1.82, 2.24) is 0 Å². The van der Waals surface area contributed by atoms with Crippen LogP contribution in [-0.2, 0) is 6.42 Å². The minimum Gasteiger partial charge on any atom is -0.384 e. The van der Waals surface area contributed by atoms with Gasteiger partial charge in [0.05, 0.1) is 5.69 Å². The Morgan fingerprint density at radius 3 is 2.81 bits per heavy atom. The molecule has 1 heterocycles. The summed E-state index contributed by atoms with van der Waals surface area (Å²) < 4.78 is 0. The number of nitrogens with zero attached hydrogens (tertiary/aromatic N) is 1. The molecular weight excluding hydrogens is 256 g/mol. The molecule has 2 nitrogen and oxygen atoms in total. The van der Waals surface area contributed by atoms with Crippen LogP contribution in [0.5, 0.6) is 0 Å². The number of nitrogens with one attached hydrogen (secondary N) is 1. The van der Waals surface area contributed by atoms with E-state index in [9.17, 15) is 0 Å². The third kappa shape index (κ3) is 2.99. The summed E-state index contributed by atoms with van der Waals surface area (Å²) in [5.74, 6) is 0.487. The van der Waals surface area contributed by atoms with Crippen LogP contribution in [0.2, 0.25) is 0 Å². The van der Waals surface area contributed by atoms with Crippen LogP contribution < -0.4 is 5.32 Å². The molecule has 0 aromatic heterocycles. The van der Waals surface area contributed by atoms with Gasteiger partial charge in [-0.3, -0.25) is 4.99 Å². The number of hydrogen-bond donors (Lipinski definition) is 1. The number of anilines is 1. The lowest BCUT2D eigenvalue weighted by Gasteiger charge is -2.19. The number of para-hydroxylation sites is 2. The monoisotopic (exact) mass is 278 g/mol. The molecular formula is C19H22N2. The number of rotatable bonds is 3. The molecule has 1 N–H and O–H groups in total. The number of hydrogen-bond acceptors (Lipinski definition) is 2. The highest BCUT2D eigenvalue weighted by Crippen LogP contribution is 2.28. The van der Waals surface area contributed by atoms with E-state index in [4.69, 9.17) is 4.99 Å². The highest BCUT2D eigenvalue weighted by Gasteiger charge is 2.11. The van der Waals surface area contributed by atoms with Crippen molar-refractivity contribution in [1.29, 1.82) is 0 Å². The maximum absolute atomic E-state index is 4.74.